The van der Waals surface area contributed by atoms with Gasteiger partial charge >= 0.3 is 0 Å². The average Bonchev–Trinajstić information content (AvgIpc) is 2.92. The van der Waals surface area contributed by atoms with E-state index in [9.17, 15) is 0 Å². The first-order chi connectivity index (χ1) is 9.76. The van der Waals surface area contributed by atoms with E-state index >= 15 is 0 Å². The van der Waals surface area contributed by atoms with Crippen LogP contribution in [-0.4, -0.2) is 53.7 Å². The van der Waals surface area contributed by atoms with Crippen LogP contribution in [0.2, 0.25) is 0 Å². The molecule has 2 saturated heterocycles. The zero-order valence-electron chi connectivity index (χ0n) is 12.1. The Balaban J connectivity index is 1.74. The molecule has 3 heterocycles. The van der Waals surface area contributed by atoms with Crippen molar-refractivity contribution in [3.05, 3.63) is 11.9 Å². The lowest BCUT2D eigenvalue weighted by molar-refractivity contribution is 0.128. The van der Waals surface area contributed by atoms with Crippen molar-refractivity contribution in [2.45, 2.75) is 32.4 Å². The van der Waals surface area contributed by atoms with E-state index in [1.54, 1.807) is 0 Å². The molecule has 0 aliphatic carbocycles. The Morgan fingerprint density at radius 2 is 2.25 bits per heavy atom. The fourth-order valence-electron chi connectivity index (χ4n) is 3.12. The third kappa shape index (κ3) is 2.86. The van der Waals surface area contributed by atoms with Crippen LogP contribution in [0, 0.1) is 0 Å². The number of hydrogen-bond acceptors (Lipinski definition) is 6. The second-order valence-corrected chi connectivity index (χ2v) is 5.48. The number of nitrogen functional groups attached to an aromatic ring is 1. The summed E-state index contributed by atoms with van der Waals surface area (Å²) < 4.78 is 5.38. The second kappa shape index (κ2) is 5.93. The highest BCUT2D eigenvalue weighted by molar-refractivity contribution is 5.47. The average molecular weight is 277 g/mol. The van der Waals surface area contributed by atoms with Crippen LogP contribution in [0.1, 0.15) is 25.6 Å². The van der Waals surface area contributed by atoms with Crippen molar-refractivity contribution in [1.29, 1.82) is 0 Å². The minimum Gasteiger partial charge on any atom is -0.384 e. The molecule has 0 amide bonds. The van der Waals surface area contributed by atoms with Crippen molar-refractivity contribution in [3.63, 3.8) is 0 Å². The molecule has 0 spiro atoms. The molecular weight excluding hydrogens is 254 g/mol. The molecule has 2 aliphatic heterocycles. The first kappa shape index (κ1) is 13.6. The van der Waals surface area contributed by atoms with Gasteiger partial charge in [-0.15, -0.1) is 0 Å². The van der Waals surface area contributed by atoms with Crippen molar-refractivity contribution in [1.82, 2.24) is 14.9 Å². The number of rotatable bonds is 4. The molecular formula is C14H23N5O. The van der Waals surface area contributed by atoms with E-state index in [0.29, 0.717) is 30.9 Å². The lowest BCUT2D eigenvalue weighted by Crippen LogP contribution is -2.50. The summed E-state index contributed by atoms with van der Waals surface area (Å²) in [6, 6.07) is 2.55. The van der Waals surface area contributed by atoms with Crippen molar-refractivity contribution in [2.75, 3.05) is 43.4 Å². The minimum absolute atomic E-state index is 0.429. The summed E-state index contributed by atoms with van der Waals surface area (Å²) in [7, 11) is 0. The van der Waals surface area contributed by atoms with Crippen LogP contribution in [0.3, 0.4) is 0 Å². The fraction of sp³-hybridized carbons (Fsp3) is 0.714. The molecule has 0 aromatic carbocycles. The van der Waals surface area contributed by atoms with Gasteiger partial charge in [0.2, 0.25) is 0 Å². The van der Waals surface area contributed by atoms with E-state index in [1.165, 1.54) is 19.4 Å². The zero-order valence-corrected chi connectivity index (χ0v) is 12.1. The SMILES string of the molecule is CCOCc1nc(N)cc(N2CCN3CCCC3C2)n1. The Bertz CT molecular complexity index is 467. The first-order valence-corrected chi connectivity index (χ1v) is 7.46. The highest BCUT2D eigenvalue weighted by Crippen LogP contribution is 2.25. The van der Waals surface area contributed by atoms with Crippen molar-refractivity contribution in [2.24, 2.45) is 0 Å². The van der Waals surface area contributed by atoms with Gasteiger partial charge < -0.3 is 15.4 Å². The van der Waals surface area contributed by atoms with Crippen LogP contribution in [0.4, 0.5) is 11.6 Å². The standard InChI is InChI=1S/C14H23N5O/c1-2-20-10-13-16-12(15)8-14(17-13)19-7-6-18-5-3-4-11(18)9-19/h8,11H,2-7,9-10H2,1H3,(H2,15,16,17). The molecule has 2 N–H and O–H groups in total. The Labute approximate surface area is 119 Å². The van der Waals surface area contributed by atoms with E-state index < -0.39 is 0 Å². The van der Waals surface area contributed by atoms with Gasteiger partial charge in [0.25, 0.3) is 0 Å². The molecule has 2 aliphatic rings. The number of anilines is 2. The van der Waals surface area contributed by atoms with E-state index in [4.69, 9.17) is 10.5 Å². The zero-order chi connectivity index (χ0) is 13.9. The summed E-state index contributed by atoms with van der Waals surface area (Å²) in [5.41, 5.74) is 5.90. The van der Waals surface area contributed by atoms with Crippen molar-refractivity contribution < 1.29 is 4.74 Å². The molecule has 6 heteroatoms. The molecule has 0 saturated carbocycles. The highest BCUT2D eigenvalue weighted by atomic mass is 16.5. The number of aromatic nitrogens is 2. The van der Waals surface area contributed by atoms with Gasteiger partial charge in [-0.25, -0.2) is 9.97 Å². The molecule has 0 bridgehead atoms. The topological polar surface area (TPSA) is 67.5 Å². The van der Waals surface area contributed by atoms with E-state index in [2.05, 4.69) is 19.8 Å². The molecule has 1 atom stereocenters. The molecule has 2 fully saturated rings. The first-order valence-electron chi connectivity index (χ1n) is 7.46. The Morgan fingerprint density at radius 3 is 3.10 bits per heavy atom. The molecule has 1 aromatic rings. The van der Waals surface area contributed by atoms with Gasteiger partial charge in [0, 0.05) is 38.3 Å². The second-order valence-electron chi connectivity index (χ2n) is 5.48. The van der Waals surface area contributed by atoms with Gasteiger partial charge in [0.1, 0.15) is 18.2 Å². The van der Waals surface area contributed by atoms with E-state index in [-0.39, 0.29) is 0 Å². The maximum Gasteiger partial charge on any atom is 0.158 e. The third-order valence-corrected chi connectivity index (χ3v) is 4.13. The van der Waals surface area contributed by atoms with Crippen LogP contribution in [-0.2, 0) is 11.3 Å². The van der Waals surface area contributed by atoms with Crippen LogP contribution in [0.5, 0.6) is 0 Å². The Morgan fingerprint density at radius 1 is 1.35 bits per heavy atom. The van der Waals surface area contributed by atoms with Crippen molar-refractivity contribution in [3.8, 4) is 0 Å². The molecule has 1 aromatic heterocycles. The van der Waals surface area contributed by atoms with Crippen LogP contribution < -0.4 is 10.6 Å². The maximum atomic E-state index is 5.90. The molecule has 3 rings (SSSR count). The Kier molecular flexibility index (Phi) is 4.03. The summed E-state index contributed by atoms with van der Waals surface area (Å²) in [6.45, 7) is 7.49. The largest absolute Gasteiger partial charge is 0.384 e. The number of piperazine rings is 1. The van der Waals surface area contributed by atoms with Gasteiger partial charge in [-0.05, 0) is 26.3 Å². The van der Waals surface area contributed by atoms with Crippen LogP contribution in [0.15, 0.2) is 6.07 Å². The van der Waals surface area contributed by atoms with Crippen molar-refractivity contribution >= 4 is 11.6 Å². The molecule has 0 radical (unpaired) electrons. The lowest BCUT2D eigenvalue weighted by Gasteiger charge is -2.38. The number of ether oxygens (including phenoxy) is 1. The van der Waals surface area contributed by atoms with Crippen LogP contribution in [0.25, 0.3) is 0 Å². The minimum atomic E-state index is 0.429. The quantitative estimate of drug-likeness (QED) is 0.881. The normalized spacial score (nSPS) is 23.1. The fourth-order valence-corrected chi connectivity index (χ4v) is 3.12. The molecule has 20 heavy (non-hydrogen) atoms. The smallest absolute Gasteiger partial charge is 0.158 e. The number of nitrogens with two attached hydrogens (primary N) is 1. The van der Waals surface area contributed by atoms with Gasteiger partial charge in [-0.2, -0.15) is 0 Å². The number of nitrogens with zero attached hydrogens (tertiary/aromatic N) is 4. The highest BCUT2D eigenvalue weighted by Gasteiger charge is 2.31. The summed E-state index contributed by atoms with van der Waals surface area (Å²) in [6.07, 6.45) is 2.61. The van der Waals surface area contributed by atoms with Gasteiger partial charge in [0.05, 0.1) is 0 Å². The van der Waals surface area contributed by atoms with Gasteiger partial charge in [0.15, 0.2) is 5.82 Å². The monoisotopic (exact) mass is 277 g/mol. The maximum absolute atomic E-state index is 5.90. The Hall–Kier alpha value is -1.40. The summed E-state index contributed by atoms with van der Waals surface area (Å²) in [4.78, 5) is 13.8. The third-order valence-electron chi connectivity index (χ3n) is 4.13. The lowest BCUT2D eigenvalue weighted by atomic mass is 10.1. The number of hydrogen-bond donors (Lipinski definition) is 1. The molecule has 1 unspecified atom stereocenters. The predicted molar refractivity (Wildman–Crippen MR) is 78.6 cm³/mol. The van der Waals surface area contributed by atoms with Gasteiger partial charge in [-0.1, -0.05) is 0 Å². The van der Waals surface area contributed by atoms with Crippen LogP contribution >= 0.6 is 0 Å². The molecule has 6 nitrogen and oxygen atoms in total. The van der Waals surface area contributed by atoms with E-state index in [1.807, 2.05) is 13.0 Å². The van der Waals surface area contributed by atoms with E-state index in [0.717, 1.165) is 25.5 Å². The summed E-state index contributed by atoms with van der Waals surface area (Å²) >= 11 is 0. The molecule has 110 valence electrons. The summed E-state index contributed by atoms with van der Waals surface area (Å²) in [5, 5.41) is 0. The van der Waals surface area contributed by atoms with Gasteiger partial charge in [-0.3, -0.25) is 4.90 Å². The predicted octanol–water partition coefficient (Wildman–Crippen LogP) is 0.880. The number of fused-ring (bicyclic) bond motifs is 1. The summed E-state index contributed by atoms with van der Waals surface area (Å²) in [5.74, 6) is 2.15.